The molecule has 0 unspecified atom stereocenters. The third-order valence-electron chi connectivity index (χ3n) is 3.30. The first-order valence-electron chi connectivity index (χ1n) is 7.76. The number of unbranched alkanes of at least 4 members (excludes halogenated alkanes) is 1. The minimum atomic E-state index is 0.786. The topological polar surface area (TPSA) is 39.1 Å². The van der Waals surface area contributed by atoms with Gasteiger partial charge in [-0.25, -0.2) is 4.98 Å². The van der Waals surface area contributed by atoms with Crippen LogP contribution in [0, 0.1) is 0 Å². The summed E-state index contributed by atoms with van der Waals surface area (Å²) in [5.74, 6) is 0.959. The molecule has 1 aromatic carbocycles. The van der Waals surface area contributed by atoms with Crippen LogP contribution in [0.1, 0.15) is 31.7 Å². The average molecular weight is 287 g/mol. The van der Waals surface area contributed by atoms with Gasteiger partial charge in [-0.3, -0.25) is 0 Å². The van der Waals surface area contributed by atoms with Gasteiger partial charge in [-0.1, -0.05) is 19.1 Å². The molecule has 0 amide bonds. The largest absolute Gasteiger partial charge is 0.494 e. The first-order chi connectivity index (χ1) is 10.4. The smallest absolute Gasteiger partial charge is 0.119 e. The molecule has 0 saturated heterocycles. The Morgan fingerprint density at radius 1 is 1.19 bits per heavy atom. The highest BCUT2D eigenvalue weighted by atomic mass is 16.5. The second-order valence-corrected chi connectivity index (χ2v) is 5.18. The van der Waals surface area contributed by atoms with E-state index >= 15 is 0 Å². The summed E-state index contributed by atoms with van der Waals surface area (Å²) >= 11 is 0. The Bertz CT molecular complexity index is 479. The number of nitrogens with zero attached hydrogens (tertiary/aromatic N) is 2. The van der Waals surface area contributed by atoms with E-state index in [-0.39, 0.29) is 0 Å². The average Bonchev–Trinajstić information content (AvgIpc) is 3.03. The van der Waals surface area contributed by atoms with Crippen LogP contribution in [0.5, 0.6) is 5.75 Å². The molecule has 4 heteroatoms. The van der Waals surface area contributed by atoms with E-state index in [1.54, 1.807) is 0 Å². The maximum absolute atomic E-state index is 5.58. The van der Waals surface area contributed by atoms with Crippen molar-refractivity contribution in [1.82, 2.24) is 14.9 Å². The lowest BCUT2D eigenvalue weighted by Crippen LogP contribution is -2.15. The summed E-state index contributed by atoms with van der Waals surface area (Å²) in [5.41, 5.74) is 1.30. The fraction of sp³-hybridized carbons (Fsp3) is 0.471. The molecule has 114 valence electrons. The quantitative estimate of drug-likeness (QED) is 0.682. The first-order valence-corrected chi connectivity index (χ1v) is 7.76. The van der Waals surface area contributed by atoms with Crippen LogP contribution in [0.15, 0.2) is 43.0 Å². The van der Waals surface area contributed by atoms with Gasteiger partial charge >= 0.3 is 0 Å². The molecule has 1 heterocycles. The van der Waals surface area contributed by atoms with Crippen LogP contribution in [-0.4, -0.2) is 22.7 Å². The van der Waals surface area contributed by atoms with Crippen molar-refractivity contribution in [1.29, 1.82) is 0 Å². The SMILES string of the molecule is CCCOc1ccc(CNCCCCn2ccnc2)cc1. The third-order valence-corrected chi connectivity index (χ3v) is 3.30. The highest BCUT2D eigenvalue weighted by Crippen LogP contribution is 2.12. The zero-order valence-electron chi connectivity index (χ0n) is 12.8. The van der Waals surface area contributed by atoms with Gasteiger partial charge in [-0.15, -0.1) is 0 Å². The summed E-state index contributed by atoms with van der Waals surface area (Å²) in [6, 6.07) is 8.35. The van der Waals surface area contributed by atoms with Crippen LogP contribution in [0.2, 0.25) is 0 Å². The summed E-state index contributed by atoms with van der Waals surface area (Å²) in [7, 11) is 0. The number of aromatic nitrogens is 2. The lowest BCUT2D eigenvalue weighted by atomic mass is 10.2. The molecule has 0 spiro atoms. The van der Waals surface area contributed by atoms with Gasteiger partial charge in [-0.05, 0) is 43.5 Å². The predicted molar refractivity (Wildman–Crippen MR) is 85.4 cm³/mol. The summed E-state index contributed by atoms with van der Waals surface area (Å²) in [6.45, 7) is 5.91. The van der Waals surface area contributed by atoms with E-state index in [0.717, 1.165) is 38.4 Å². The van der Waals surface area contributed by atoms with Crippen molar-refractivity contribution < 1.29 is 4.74 Å². The van der Waals surface area contributed by atoms with Crippen molar-refractivity contribution in [2.75, 3.05) is 13.2 Å². The number of hydrogen-bond donors (Lipinski definition) is 1. The number of rotatable bonds is 10. The maximum Gasteiger partial charge on any atom is 0.119 e. The highest BCUT2D eigenvalue weighted by molar-refractivity contribution is 5.27. The standard InChI is InChI=1S/C17H25N3O/c1-2-13-21-17-7-5-16(6-8-17)14-18-9-3-4-11-20-12-10-19-15-20/h5-8,10,12,15,18H,2-4,9,11,13-14H2,1H3. The van der Waals surface area contributed by atoms with Crippen LogP contribution < -0.4 is 10.1 Å². The van der Waals surface area contributed by atoms with Crippen LogP contribution in [0.4, 0.5) is 0 Å². The molecule has 4 nitrogen and oxygen atoms in total. The van der Waals surface area contributed by atoms with Crippen molar-refractivity contribution in [2.45, 2.75) is 39.3 Å². The molecule has 1 N–H and O–H groups in total. The van der Waals surface area contributed by atoms with E-state index in [1.807, 2.05) is 30.9 Å². The molecular formula is C17H25N3O. The van der Waals surface area contributed by atoms with Crippen LogP contribution in [0.25, 0.3) is 0 Å². The van der Waals surface area contributed by atoms with Crippen LogP contribution >= 0.6 is 0 Å². The van der Waals surface area contributed by atoms with E-state index in [0.29, 0.717) is 0 Å². The Morgan fingerprint density at radius 3 is 2.76 bits per heavy atom. The number of nitrogens with one attached hydrogen (secondary N) is 1. The second-order valence-electron chi connectivity index (χ2n) is 5.18. The third kappa shape index (κ3) is 6.00. The van der Waals surface area contributed by atoms with Crippen LogP contribution in [-0.2, 0) is 13.1 Å². The zero-order chi connectivity index (χ0) is 14.8. The lowest BCUT2D eigenvalue weighted by molar-refractivity contribution is 0.317. The Hall–Kier alpha value is -1.81. The fourth-order valence-electron chi connectivity index (χ4n) is 2.12. The molecule has 21 heavy (non-hydrogen) atoms. The monoisotopic (exact) mass is 287 g/mol. The normalized spacial score (nSPS) is 10.7. The molecule has 0 radical (unpaired) electrons. The highest BCUT2D eigenvalue weighted by Gasteiger charge is 1.96. The van der Waals surface area contributed by atoms with E-state index in [1.165, 1.54) is 18.4 Å². The van der Waals surface area contributed by atoms with Crippen LogP contribution in [0.3, 0.4) is 0 Å². The zero-order valence-corrected chi connectivity index (χ0v) is 12.8. The van der Waals surface area contributed by atoms with E-state index in [4.69, 9.17) is 4.74 Å². The summed E-state index contributed by atoms with van der Waals surface area (Å²) in [4.78, 5) is 4.04. The van der Waals surface area contributed by atoms with E-state index < -0.39 is 0 Å². The molecule has 0 aliphatic rings. The molecular weight excluding hydrogens is 262 g/mol. The number of ether oxygens (including phenoxy) is 1. The van der Waals surface area contributed by atoms with Gasteiger partial charge in [0.1, 0.15) is 5.75 Å². The van der Waals surface area contributed by atoms with Crippen molar-refractivity contribution in [3.8, 4) is 5.75 Å². The summed E-state index contributed by atoms with van der Waals surface area (Å²) in [6.07, 6.45) is 9.10. The molecule has 0 bridgehead atoms. The summed E-state index contributed by atoms with van der Waals surface area (Å²) < 4.78 is 7.70. The molecule has 0 aliphatic heterocycles. The Balaban J connectivity index is 1.55. The van der Waals surface area contributed by atoms with E-state index in [9.17, 15) is 0 Å². The minimum absolute atomic E-state index is 0.786. The van der Waals surface area contributed by atoms with Gasteiger partial charge in [0.15, 0.2) is 0 Å². The Morgan fingerprint density at radius 2 is 2.05 bits per heavy atom. The molecule has 2 rings (SSSR count). The lowest BCUT2D eigenvalue weighted by Gasteiger charge is -2.07. The predicted octanol–water partition coefficient (Wildman–Crippen LogP) is 3.24. The molecule has 0 saturated carbocycles. The minimum Gasteiger partial charge on any atom is -0.494 e. The fourth-order valence-corrected chi connectivity index (χ4v) is 2.12. The molecule has 2 aromatic rings. The number of hydrogen-bond acceptors (Lipinski definition) is 3. The number of imidazole rings is 1. The molecule has 0 atom stereocenters. The van der Waals surface area contributed by atoms with Gasteiger partial charge in [0.05, 0.1) is 12.9 Å². The van der Waals surface area contributed by atoms with Crippen molar-refractivity contribution in [2.24, 2.45) is 0 Å². The second kappa shape index (κ2) is 9.19. The van der Waals surface area contributed by atoms with Crippen molar-refractivity contribution in [3.63, 3.8) is 0 Å². The Kier molecular flexibility index (Phi) is 6.81. The molecule has 1 aromatic heterocycles. The van der Waals surface area contributed by atoms with Crippen molar-refractivity contribution >= 4 is 0 Å². The van der Waals surface area contributed by atoms with Gasteiger partial charge in [0, 0.05) is 25.5 Å². The van der Waals surface area contributed by atoms with Gasteiger partial charge < -0.3 is 14.6 Å². The van der Waals surface area contributed by atoms with Crippen molar-refractivity contribution in [3.05, 3.63) is 48.5 Å². The number of benzene rings is 1. The maximum atomic E-state index is 5.58. The van der Waals surface area contributed by atoms with E-state index in [2.05, 4.69) is 33.9 Å². The van der Waals surface area contributed by atoms with Gasteiger partial charge in [0.2, 0.25) is 0 Å². The summed E-state index contributed by atoms with van der Waals surface area (Å²) in [5, 5.41) is 3.48. The molecule has 0 aliphatic carbocycles. The van der Waals surface area contributed by atoms with Gasteiger partial charge in [0.25, 0.3) is 0 Å². The first kappa shape index (κ1) is 15.6. The van der Waals surface area contributed by atoms with Gasteiger partial charge in [-0.2, -0.15) is 0 Å². The molecule has 0 fully saturated rings. The number of aryl methyl sites for hydroxylation is 1. The Labute approximate surface area is 127 Å².